The summed E-state index contributed by atoms with van der Waals surface area (Å²) in [4.78, 5) is 11.1. The SMILES string of the molecule is COC(=O)C(=N)/C(=C\C(=N)n1cccn1)OC. The minimum Gasteiger partial charge on any atom is -0.494 e. The Balaban J connectivity index is 2.91. The number of ether oxygens (including phenoxy) is 2. The minimum absolute atomic E-state index is 0.0273. The highest BCUT2D eigenvalue weighted by Gasteiger charge is 2.16. The van der Waals surface area contributed by atoms with E-state index in [4.69, 9.17) is 15.6 Å². The first-order valence-electron chi connectivity index (χ1n) is 4.61. The van der Waals surface area contributed by atoms with Crippen LogP contribution in [0.5, 0.6) is 0 Å². The second-order valence-electron chi connectivity index (χ2n) is 2.92. The van der Waals surface area contributed by atoms with E-state index in [1.54, 1.807) is 12.3 Å². The van der Waals surface area contributed by atoms with E-state index in [9.17, 15) is 4.79 Å². The van der Waals surface area contributed by atoms with Crippen LogP contribution in [0.25, 0.3) is 0 Å². The van der Waals surface area contributed by atoms with Crippen molar-refractivity contribution in [3.8, 4) is 0 Å². The Hall–Kier alpha value is -2.44. The van der Waals surface area contributed by atoms with Crippen LogP contribution in [-0.2, 0) is 14.3 Å². The lowest BCUT2D eigenvalue weighted by atomic mass is 10.3. The maximum Gasteiger partial charge on any atom is 0.359 e. The van der Waals surface area contributed by atoms with Gasteiger partial charge in [0.05, 0.1) is 14.2 Å². The molecule has 1 rings (SSSR count). The van der Waals surface area contributed by atoms with Crippen LogP contribution < -0.4 is 0 Å². The van der Waals surface area contributed by atoms with Crippen LogP contribution in [0.4, 0.5) is 0 Å². The van der Waals surface area contributed by atoms with Crippen LogP contribution in [-0.4, -0.2) is 41.5 Å². The van der Waals surface area contributed by atoms with Gasteiger partial charge in [-0.05, 0) is 6.07 Å². The first kappa shape index (κ1) is 12.6. The lowest BCUT2D eigenvalue weighted by Gasteiger charge is -2.06. The highest BCUT2D eigenvalue weighted by atomic mass is 16.5. The standard InChI is InChI=1S/C10H12N4O3/c1-16-7(9(12)10(15)17-2)6-8(11)14-5-3-4-13-14/h3-6,11-12H,1-2H3/b7-6+,11-8?,12-9?. The van der Waals surface area contributed by atoms with E-state index in [-0.39, 0.29) is 11.6 Å². The zero-order valence-corrected chi connectivity index (χ0v) is 9.43. The van der Waals surface area contributed by atoms with E-state index in [2.05, 4.69) is 9.84 Å². The number of nitrogens with one attached hydrogen (secondary N) is 2. The summed E-state index contributed by atoms with van der Waals surface area (Å²) in [5.41, 5.74) is -0.452. The molecule has 0 spiro atoms. The Morgan fingerprint density at radius 3 is 2.53 bits per heavy atom. The lowest BCUT2D eigenvalue weighted by Crippen LogP contribution is -2.20. The second kappa shape index (κ2) is 5.59. The normalized spacial score (nSPS) is 10.8. The molecule has 0 aliphatic carbocycles. The van der Waals surface area contributed by atoms with Gasteiger partial charge in [-0.15, -0.1) is 0 Å². The molecule has 0 saturated heterocycles. The molecule has 0 bridgehead atoms. The number of hydrogen-bond acceptors (Lipinski definition) is 6. The molecule has 0 radical (unpaired) electrons. The minimum atomic E-state index is -0.827. The van der Waals surface area contributed by atoms with Crippen molar-refractivity contribution in [3.05, 3.63) is 30.3 Å². The number of hydrogen-bond donors (Lipinski definition) is 2. The molecule has 0 atom stereocenters. The monoisotopic (exact) mass is 236 g/mol. The summed E-state index contributed by atoms with van der Waals surface area (Å²) in [7, 11) is 2.47. The summed E-state index contributed by atoms with van der Waals surface area (Å²) in [5, 5.41) is 19.0. The third-order valence-electron chi connectivity index (χ3n) is 1.87. The molecule has 2 N–H and O–H groups in total. The topological polar surface area (TPSA) is 101 Å². The molecule has 0 aromatic carbocycles. The van der Waals surface area contributed by atoms with Gasteiger partial charge >= 0.3 is 5.97 Å². The van der Waals surface area contributed by atoms with E-state index >= 15 is 0 Å². The molecular weight excluding hydrogens is 224 g/mol. The van der Waals surface area contributed by atoms with Crippen molar-refractivity contribution in [1.82, 2.24) is 9.78 Å². The summed E-state index contributed by atoms with van der Waals surface area (Å²) < 4.78 is 10.5. The van der Waals surface area contributed by atoms with Gasteiger partial charge in [-0.1, -0.05) is 0 Å². The smallest absolute Gasteiger partial charge is 0.359 e. The van der Waals surface area contributed by atoms with Crippen molar-refractivity contribution in [3.63, 3.8) is 0 Å². The fraction of sp³-hybridized carbons (Fsp3) is 0.200. The van der Waals surface area contributed by atoms with E-state index in [1.807, 2.05) is 0 Å². The molecule has 1 heterocycles. The van der Waals surface area contributed by atoms with Gasteiger partial charge < -0.3 is 9.47 Å². The molecule has 0 unspecified atom stereocenters. The fourth-order valence-electron chi connectivity index (χ4n) is 1.04. The molecule has 1 aromatic rings. The van der Waals surface area contributed by atoms with Crippen LogP contribution in [0.1, 0.15) is 0 Å². The van der Waals surface area contributed by atoms with Gasteiger partial charge in [0.25, 0.3) is 0 Å². The predicted molar refractivity (Wildman–Crippen MR) is 60.2 cm³/mol. The molecule has 90 valence electrons. The van der Waals surface area contributed by atoms with Crippen molar-refractivity contribution in [2.45, 2.75) is 0 Å². The Morgan fingerprint density at radius 2 is 2.06 bits per heavy atom. The van der Waals surface area contributed by atoms with E-state index in [1.165, 1.54) is 31.2 Å². The first-order chi connectivity index (χ1) is 8.10. The van der Waals surface area contributed by atoms with Crippen molar-refractivity contribution in [2.75, 3.05) is 14.2 Å². The van der Waals surface area contributed by atoms with Crippen LogP contribution in [0.2, 0.25) is 0 Å². The van der Waals surface area contributed by atoms with Crippen LogP contribution >= 0.6 is 0 Å². The summed E-state index contributed by atoms with van der Waals surface area (Å²) in [6, 6.07) is 1.65. The zero-order chi connectivity index (χ0) is 12.8. The summed E-state index contributed by atoms with van der Waals surface area (Å²) >= 11 is 0. The van der Waals surface area contributed by atoms with E-state index < -0.39 is 11.7 Å². The van der Waals surface area contributed by atoms with Crippen LogP contribution in [0.3, 0.4) is 0 Å². The molecule has 1 aromatic heterocycles. The molecular formula is C10H12N4O3. The van der Waals surface area contributed by atoms with Crippen molar-refractivity contribution in [2.24, 2.45) is 0 Å². The van der Waals surface area contributed by atoms with E-state index in [0.29, 0.717) is 0 Å². The van der Waals surface area contributed by atoms with Gasteiger partial charge in [0.2, 0.25) is 0 Å². The molecule has 0 fully saturated rings. The first-order valence-corrected chi connectivity index (χ1v) is 4.61. The maximum absolute atomic E-state index is 11.1. The molecule has 0 saturated carbocycles. The van der Waals surface area contributed by atoms with Crippen molar-refractivity contribution in [1.29, 1.82) is 10.8 Å². The molecule has 7 nitrogen and oxygen atoms in total. The summed E-state index contributed by atoms with van der Waals surface area (Å²) in [6.07, 6.45) is 4.29. The lowest BCUT2D eigenvalue weighted by molar-refractivity contribution is -0.132. The molecule has 0 aliphatic rings. The number of carbonyl (C=O) groups is 1. The second-order valence-corrected chi connectivity index (χ2v) is 2.92. The van der Waals surface area contributed by atoms with E-state index in [0.717, 1.165) is 0 Å². The third kappa shape index (κ3) is 3.00. The summed E-state index contributed by atoms with van der Waals surface area (Å²) in [6.45, 7) is 0. The molecule has 17 heavy (non-hydrogen) atoms. The quantitative estimate of drug-likeness (QED) is 0.342. The Bertz CT molecular complexity index is 462. The summed E-state index contributed by atoms with van der Waals surface area (Å²) in [5.74, 6) is -0.913. The Morgan fingerprint density at radius 1 is 1.35 bits per heavy atom. The Kier molecular flexibility index (Phi) is 4.15. The highest BCUT2D eigenvalue weighted by Crippen LogP contribution is 2.01. The number of nitrogens with zero attached hydrogens (tertiary/aromatic N) is 2. The van der Waals surface area contributed by atoms with Gasteiger partial charge in [0, 0.05) is 18.5 Å². The van der Waals surface area contributed by atoms with Crippen LogP contribution in [0, 0.1) is 10.8 Å². The largest absolute Gasteiger partial charge is 0.494 e. The van der Waals surface area contributed by atoms with Crippen LogP contribution in [0.15, 0.2) is 30.3 Å². The Labute approximate surface area is 97.7 Å². The van der Waals surface area contributed by atoms with Gasteiger partial charge in [-0.25, -0.2) is 9.48 Å². The van der Waals surface area contributed by atoms with Gasteiger partial charge in [0.15, 0.2) is 11.5 Å². The number of aromatic nitrogens is 2. The zero-order valence-electron chi connectivity index (χ0n) is 9.43. The maximum atomic E-state index is 11.1. The van der Waals surface area contributed by atoms with Crippen molar-refractivity contribution >= 4 is 17.5 Å². The molecule has 7 heteroatoms. The molecule has 0 aliphatic heterocycles. The average Bonchev–Trinajstić information content (AvgIpc) is 2.87. The third-order valence-corrected chi connectivity index (χ3v) is 1.87. The number of rotatable bonds is 4. The number of methoxy groups -OCH3 is 2. The molecule has 0 amide bonds. The van der Waals surface area contributed by atoms with Crippen molar-refractivity contribution < 1.29 is 14.3 Å². The number of esters is 1. The van der Waals surface area contributed by atoms with Gasteiger partial charge in [-0.2, -0.15) is 5.10 Å². The number of allylic oxidation sites excluding steroid dienone is 1. The number of carbonyl (C=O) groups excluding carboxylic acids is 1. The average molecular weight is 236 g/mol. The predicted octanol–water partition coefficient (Wildman–Crippen LogP) is 0.432. The van der Waals surface area contributed by atoms with Gasteiger partial charge in [0.1, 0.15) is 5.84 Å². The fourth-order valence-corrected chi connectivity index (χ4v) is 1.04. The highest BCUT2D eigenvalue weighted by molar-refractivity contribution is 6.41. The van der Waals surface area contributed by atoms with Gasteiger partial charge in [-0.3, -0.25) is 10.8 Å².